The van der Waals surface area contributed by atoms with Crippen LogP contribution in [0.3, 0.4) is 0 Å². The first kappa shape index (κ1) is 11.8. The molecule has 1 aromatic carbocycles. The van der Waals surface area contributed by atoms with E-state index in [9.17, 15) is 0 Å². The molecule has 3 heterocycles. The molecule has 4 aromatic rings. The molecule has 0 N–H and O–H groups in total. The van der Waals surface area contributed by atoms with E-state index in [-0.39, 0.29) is 20.1 Å². The molecule has 0 aliphatic heterocycles. The van der Waals surface area contributed by atoms with Crippen LogP contribution in [0.5, 0.6) is 0 Å². The average molecular weight is 431 g/mol. The number of thiazole rings is 1. The number of benzene rings is 1. The maximum atomic E-state index is 4.62. The zero-order valence-electron chi connectivity index (χ0n) is 9.47. The number of rotatable bonds is 0. The van der Waals surface area contributed by atoms with E-state index < -0.39 is 0 Å². The van der Waals surface area contributed by atoms with Crippen molar-refractivity contribution in [2.24, 2.45) is 0 Å². The molecular weight excluding hydrogens is 422 g/mol. The van der Waals surface area contributed by atoms with Gasteiger partial charge in [0.05, 0.1) is 16.2 Å². The van der Waals surface area contributed by atoms with Gasteiger partial charge < -0.3 is 4.40 Å². The number of hydrogen-bond donors (Lipinski definition) is 0. The van der Waals surface area contributed by atoms with Gasteiger partial charge in [-0.15, -0.1) is 35.6 Å². The Kier molecular flexibility index (Phi) is 2.70. The van der Waals surface area contributed by atoms with Gasteiger partial charge in [0.2, 0.25) is 0 Å². The number of imidazole rings is 1. The Morgan fingerprint density at radius 2 is 2.28 bits per heavy atom. The summed E-state index contributed by atoms with van der Waals surface area (Å²) in [6.45, 7) is 2.03. The largest absolute Gasteiger partial charge is 0.331 e. The van der Waals surface area contributed by atoms with Crippen LogP contribution in [0, 0.1) is 13.0 Å². The smallest absolute Gasteiger partial charge is 0.111 e. The van der Waals surface area contributed by atoms with Crippen molar-refractivity contribution >= 4 is 38.1 Å². The number of aryl methyl sites for hydroxylation is 1. The van der Waals surface area contributed by atoms with Gasteiger partial charge in [-0.1, -0.05) is 10.8 Å². The summed E-state index contributed by atoms with van der Waals surface area (Å²) < 4.78 is 2.10. The Labute approximate surface area is 121 Å². The summed E-state index contributed by atoms with van der Waals surface area (Å²) in [4.78, 5) is 10.2. The second-order valence-electron chi connectivity index (χ2n) is 3.97. The fraction of sp³-hybridized carbons (Fsp3) is 0.0769. The average Bonchev–Trinajstić information content (AvgIpc) is 2.94. The third-order valence-electron chi connectivity index (χ3n) is 2.91. The van der Waals surface area contributed by atoms with E-state index in [4.69, 9.17) is 0 Å². The molecule has 5 heteroatoms. The summed E-state index contributed by atoms with van der Waals surface area (Å²) in [6.07, 6.45) is 3.81. The molecule has 0 spiro atoms. The maximum absolute atomic E-state index is 4.62. The van der Waals surface area contributed by atoms with Crippen molar-refractivity contribution in [3.63, 3.8) is 0 Å². The summed E-state index contributed by atoms with van der Waals surface area (Å²) in [5.41, 5.74) is 2.00. The van der Waals surface area contributed by atoms with Gasteiger partial charge in [0.15, 0.2) is 0 Å². The summed E-state index contributed by atoms with van der Waals surface area (Å²) in [5, 5.41) is 3.24. The standard InChI is InChI=1S/C13H8N3S.Ir/c1-8-15-11-9-4-2-3-5-10(9)12-14-6-7-16(12)13(11)17-8;/h2-4,6-7H,1H3;/q-1;. The molecule has 4 rings (SSSR count). The van der Waals surface area contributed by atoms with Gasteiger partial charge in [-0.2, -0.15) is 0 Å². The van der Waals surface area contributed by atoms with E-state index in [2.05, 4.69) is 26.5 Å². The minimum absolute atomic E-state index is 0. The number of hydrogen-bond acceptors (Lipinski definition) is 3. The van der Waals surface area contributed by atoms with Gasteiger partial charge in [0, 0.05) is 32.5 Å². The van der Waals surface area contributed by atoms with Crippen LogP contribution in [0.4, 0.5) is 0 Å². The van der Waals surface area contributed by atoms with Gasteiger partial charge in [0.1, 0.15) is 4.83 Å². The zero-order chi connectivity index (χ0) is 11.4. The van der Waals surface area contributed by atoms with Crippen LogP contribution >= 0.6 is 11.3 Å². The van der Waals surface area contributed by atoms with E-state index in [1.54, 1.807) is 11.3 Å². The monoisotopic (exact) mass is 431 g/mol. The molecular formula is C13H8IrN3S-. The third kappa shape index (κ3) is 1.45. The number of fused-ring (bicyclic) bond motifs is 6. The van der Waals surface area contributed by atoms with E-state index in [0.717, 1.165) is 31.8 Å². The predicted molar refractivity (Wildman–Crippen MR) is 69.4 cm³/mol. The first-order valence-electron chi connectivity index (χ1n) is 5.37. The van der Waals surface area contributed by atoms with E-state index in [0.29, 0.717) is 0 Å². The first-order valence-corrected chi connectivity index (χ1v) is 6.19. The first-order chi connectivity index (χ1) is 8.34. The van der Waals surface area contributed by atoms with Crippen LogP contribution in [0.15, 0.2) is 30.6 Å². The van der Waals surface area contributed by atoms with Gasteiger partial charge in [-0.05, 0) is 6.92 Å². The van der Waals surface area contributed by atoms with Gasteiger partial charge >= 0.3 is 0 Å². The van der Waals surface area contributed by atoms with Crippen LogP contribution in [0.1, 0.15) is 5.01 Å². The Morgan fingerprint density at radius 1 is 1.39 bits per heavy atom. The van der Waals surface area contributed by atoms with Crippen molar-refractivity contribution in [1.29, 1.82) is 0 Å². The summed E-state index contributed by atoms with van der Waals surface area (Å²) in [5.74, 6) is 0. The minimum atomic E-state index is 0. The summed E-state index contributed by atoms with van der Waals surface area (Å²) in [6, 6.07) is 9.26. The zero-order valence-corrected chi connectivity index (χ0v) is 12.7. The molecule has 91 valence electrons. The fourth-order valence-electron chi connectivity index (χ4n) is 2.23. The van der Waals surface area contributed by atoms with E-state index in [1.807, 2.05) is 31.5 Å². The van der Waals surface area contributed by atoms with Crippen molar-refractivity contribution in [3.8, 4) is 0 Å². The van der Waals surface area contributed by atoms with Crippen LogP contribution < -0.4 is 0 Å². The molecule has 0 saturated carbocycles. The second kappa shape index (κ2) is 4.12. The number of pyridine rings is 1. The van der Waals surface area contributed by atoms with Crippen LogP contribution in [0.2, 0.25) is 0 Å². The Hall–Kier alpha value is -1.29. The van der Waals surface area contributed by atoms with Crippen LogP contribution in [0.25, 0.3) is 26.8 Å². The molecule has 0 saturated heterocycles. The predicted octanol–water partition coefficient (Wildman–Crippen LogP) is 3.20. The Bertz CT molecular complexity index is 862. The van der Waals surface area contributed by atoms with Gasteiger partial charge in [0.25, 0.3) is 0 Å². The van der Waals surface area contributed by atoms with Gasteiger partial charge in [-0.25, -0.2) is 4.98 Å². The van der Waals surface area contributed by atoms with E-state index >= 15 is 0 Å². The molecule has 0 fully saturated rings. The molecule has 1 radical (unpaired) electrons. The molecule has 0 unspecified atom stereocenters. The number of nitrogens with zero attached hydrogens (tertiary/aromatic N) is 3. The van der Waals surface area contributed by atoms with Crippen molar-refractivity contribution in [2.75, 3.05) is 0 Å². The van der Waals surface area contributed by atoms with Crippen molar-refractivity contribution in [1.82, 2.24) is 14.4 Å². The Morgan fingerprint density at radius 3 is 3.17 bits per heavy atom. The normalized spacial score (nSPS) is 11.2. The van der Waals surface area contributed by atoms with Crippen LogP contribution in [-0.2, 0) is 20.1 Å². The van der Waals surface area contributed by atoms with Crippen molar-refractivity contribution < 1.29 is 20.1 Å². The number of aromatic nitrogens is 3. The summed E-state index contributed by atoms with van der Waals surface area (Å²) >= 11 is 1.70. The van der Waals surface area contributed by atoms with E-state index in [1.165, 1.54) is 0 Å². The molecule has 0 aliphatic carbocycles. The molecule has 3 nitrogen and oxygen atoms in total. The molecule has 0 amide bonds. The van der Waals surface area contributed by atoms with Crippen molar-refractivity contribution in [2.45, 2.75) is 6.92 Å². The van der Waals surface area contributed by atoms with Crippen LogP contribution in [-0.4, -0.2) is 14.4 Å². The quantitative estimate of drug-likeness (QED) is 0.401. The fourth-order valence-corrected chi connectivity index (χ4v) is 3.14. The van der Waals surface area contributed by atoms with Crippen molar-refractivity contribution in [3.05, 3.63) is 41.7 Å². The topological polar surface area (TPSA) is 30.2 Å². The third-order valence-corrected chi connectivity index (χ3v) is 3.88. The molecule has 0 atom stereocenters. The molecule has 18 heavy (non-hydrogen) atoms. The Balaban J connectivity index is 0.000001000. The second-order valence-corrected chi connectivity index (χ2v) is 5.15. The summed E-state index contributed by atoms with van der Waals surface area (Å²) in [7, 11) is 0. The maximum Gasteiger partial charge on any atom is 0.111 e. The molecule has 0 aliphatic rings. The minimum Gasteiger partial charge on any atom is -0.331 e. The molecule has 3 aromatic heterocycles. The molecule has 0 bridgehead atoms. The SMILES string of the molecule is Cc1nc2c3ccc[c-]c3c3nccn3c2s1.[Ir]. The van der Waals surface area contributed by atoms with Gasteiger partial charge in [-0.3, -0.25) is 4.98 Å².